The molecule has 7 nitrogen and oxygen atoms in total. The second-order valence-electron chi connectivity index (χ2n) is 7.82. The van der Waals surface area contributed by atoms with Gasteiger partial charge in [0.25, 0.3) is 11.5 Å². The predicted molar refractivity (Wildman–Crippen MR) is 114 cm³/mol. The van der Waals surface area contributed by atoms with Crippen molar-refractivity contribution in [1.29, 1.82) is 0 Å². The van der Waals surface area contributed by atoms with Gasteiger partial charge in [-0.2, -0.15) is 5.10 Å². The number of hydrogen-bond donors (Lipinski definition) is 1. The van der Waals surface area contributed by atoms with Gasteiger partial charge in [0.2, 0.25) is 6.79 Å². The average Bonchev–Trinajstić information content (AvgIpc) is 3.18. The third-order valence-corrected chi connectivity index (χ3v) is 5.27. The van der Waals surface area contributed by atoms with Gasteiger partial charge in [0.05, 0.1) is 5.69 Å². The van der Waals surface area contributed by atoms with Crippen LogP contribution in [0.25, 0.3) is 11.3 Å². The number of nitrogens with one attached hydrogen (secondary N) is 1. The lowest BCUT2D eigenvalue weighted by Crippen LogP contribution is -2.47. The summed E-state index contributed by atoms with van der Waals surface area (Å²) in [4.78, 5) is 25.7. The second-order valence-corrected chi connectivity index (χ2v) is 7.82. The van der Waals surface area contributed by atoms with E-state index in [1.807, 2.05) is 44.2 Å². The SMILES string of the molecule is Cc1cccc(C)c1NC(=O)C(C)(C)n1nc(-c2ccc3c(c2)OCO3)ccc1=O. The molecule has 0 saturated heterocycles. The van der Waals surface area contributed by atoms with E-state index in [1.165, 1.54) is 10.7 Å². The van der Waals surface area contributed by atoms with Gasteiger partial charge >= 0.3 is 0 Å². The van der Waals surface area contributed by atoms with E-state index in [-0.39, 0.29) is 18.3 Å². The highest BCUT2D eigenvalue weighted by Gasteiger charge is 2.33. The topological polar surface area (TPSA) is 82.5 Å². The highest BCUT2D eigenvalue weighted by molar-refractivity contribution is 5.97. The molecular weight excluding hydrogens is 382 g/mol. The van der Waals surface area contributed by atoms with E-state index in [4.69, 9.17) is 9.47 Å². The van der Waals surface area contributed by atoms with Gasteiger partial charge in [0.15, 0.2) is 11.5 Å². The molecule has 0 unspecified atom stereocenters. The van der Waals surface area contributed by atoms with Crippen LogP contribution in [0.1, 0.15) is 25.0 Å². The summed E-state index contributed by atoms with van der Waals surface area (Å²) < 4.78 is 12.0. The molecule has 0 atom stereocenters. The number of rotatable bonds is 4. The number of fused-ring (bicyclic) bond motifs is 1. The van der Waals surface area contributed by atoms with Crippen LogP contribution in [0.5, 0.6) is 11.5 Å². The van der Waals surface area contributed by atoms with Gasteiger partial charge in [-0.15, -0.1) is 0 Å². The molecule has 7 heteroatoms. The predicted octanol–water partition coefficient (Wildman–Crippen LogP) is 3.63. The molecule has 30 heavy (non-hydrogen) atoms. The maximum atomic E-state index is 13.1. The zero-order valence-electron chi connectivity index (χ0n) is 17.4. The van der Waals surface area contributed by atoms with Crippen molar-refractivity contribution in [3.63, 3.8) is 0 Å². The molecule has 0 radical (unpaired) electrons. The monoisotopic (exact) mass is 405 g/mol. The summed E-state index contributed by atoms with van der Waals surface area (Å²) in [5, 5.41) is 7.46. The highest BCUT2D eigenvalue weighted by atomic mass is 16.7. The molecule has 1 aliphatic rings. The van der Waals surface area contributed by atoms with Gasteiger partial charge in [-0.3, -0.25) is 9.59 Å². The number of aromatic nitrogens is 2. The van der Waals surface area contributed by atoms with Crippen molar-refractivity contribution in [2.24, 2.45) is 0 Å². The number of aryl methyl sites for hydroxylation is 2. The lowest BCUT2D eigenvalue weighted by Gasteiger charge is -2.26. The number of nitrogens with zero attached hydrogens (tertiary/aromatic N) is 2. The van der Waals surface area contributed by atoms with Gasteiger partial charge in [-0.05, 0) is 63.1 Å². The number of para-hydroxylation sites is 1. The maximum Gasteiger partial charge on any atom is 0.267 e. The maximum absolute atomic E-state index is 13.1. The molecular formula is C23H23N3O4. The molecule has 2 aromatic carbocycles. The summed E-state index contributed by atoms with van der Waals surface area (Å²) in [5.41, 5.74) is 2.40. The zero-order chi connectivity index (χ0) is 21.5. The van der Waals surface area contributed by atoms with Crippen molar-refractivity contribution in [2.45, 2.75) is 33.2 Å². The van der Waals surface area contributed by atoms with E-state index < -0.39 is 5.54 Å². The van der Waals surface area contributed by atoms with Crippen molar-refractivity contribution in [1.82, 2.24) is 9.78 Å². The number of carbonyl (C=O) groups is 1. The van der Waals surface area contributed by atoms with Crippen LogP contribution in [0.3, 0.4) is 0 Å². The summed E-state index contributed by atoms with van der Waals surface area (Å²) in [6.45, 7) is 7.39. The van der Waals surface area contributed by atoms with E-state index in [2.05, 4.69) is 10.4 Å². The van der Waals surface area contributed by atoms with Gasteiger partial charge in [0, 0.05) is 17.3 Å². The Morgan fingerprint density at radius 3 is 2.47 bits per heavy atom. The van der Waals surface area contributed by atoms with Crippen LogP contribution in [-0.2, 0) is 10.3 Å². The van der Waals surface area contributed by atoms with Crippen molar-refractivity contribution in [3.05, 3.63) is 70.0 Å². The van der Waals surface area contributed by atoms with Gasteiger partial charge in [0.1, 0.15) is 5.54 Å². The number of amides is 1. The molecule has 0 aliphatic carbocycles. The molecule has 1 aliphatic heterocycles. The summed E-state index contributed by atoms with van der Waals surface area (Å²) in [5.74, 6) is 0.969. The van der Waals surface area contributed by atoms with Crippen LogP contribution in [0.15, 0.2) is 53.3 Å². The van der Waals surface area contributed by atoms with Crippen LogP contribution < -0.4 is 20.3 Å². The minimum Gasteiger partial charge on any atom is -0.454 e. The van der Waals surface area contributed by atoms with Crippen LogP contribution >= 0.6 is 0 Å². The van der Waals surface area contributed by atoms with Crippen molar-refractivity contribution in [2.75, 3.05) is 12.1 Å². The number of benzene rings is 2. The number of hydrogen-bond acceptors (Lipinski definition) is 5. The summed E-state index contributed by atoms with van der Waals surface area (Å²) in [6, 6.07) is 14.3. The Labute approximate surface area is 174 Å². The lowest BCUT2D eigenvalue weighted by atomic mass is 10.0. The van der Waals surface area contributed by atoms with E-state index in [9.17, 15) is 9.59 Å². The quantitative estimate of drug-likeness (QED) is 0.717. The Morgan fingerprint density at radius 1 is 1.03 bits per heavy atom. The first kappa shape index (κ1) is 19.7. The van der Waals surface area contributed by atoms with E-state index in [0.717, 1.165) is 22.4 Å². The third-order valence-electron chi connectivity index (χ3n) is 5.27. The molecule has 0 spiro atoms. The lowest BCUT2D eigenvalue weighted by molar-refractivity contribution is -0.123. The smallest absolute Gasteiger partial charge is 0.267 e. The molecule has 1 N–H and O–H groups in total. The first-order chi connectivity index (χ1) is 14.3. The van der Waals surface area contributed by atoms with E-state index in [0.29, 0.717) is 17.2 Å². The summed E-state index contributed by atoms with van der Waals surface area (Å²) in [7, 11) is 0. The molecule has 0 saturated carbocycles. The second kappa shape index (κ2) is 7.33. The zero-order valence-corrected chi connectivity index (χ0v) is 17.4. The Hall–Kier alpha value is -3.61. The van der Waals surface area contributed by atoms with Crippen LogP contribution in [0.2, 0.25) is 0 Å². The average molecular weight is 405 g/mol. The van der Waals surface area contributed by atoms with E-state index in [1.54, 1.807) is 26.0 Å². The molecule has 154 valence electrons. The minimum absolute atomic E-state index is 0.178. The third kappa shape index (κ3) is 3.43. The first-order valence-corrected chi connectivity index (χ1v) is 9.66. The summed E-state index contributed by atoms with van der Waals surface area (Å²) in [6.07, 6.45) is 0. The van der Waals surface area contributed by atoms with Crippen LogP contribution in [-0.4, -0.2) is 22.5 Å². The summed E-state index contributed by atoms with van der Waals surface area (Å²) >= 11 is 0. The van der Waals surface area contributed by atoms with Crippen LogP contribution in [0.4, 0.5) is 5.69 Å². The number of carbonyl (C=O) groups excluding carboxylic acids is 1. The first-order valence-electron chi connectivity index (χ1n) is 9.66. The molecule has 3 aromatic rings. The molecule has 1 aromatic heterocycles. The molecule has 0 fully saturated rings. The van der Waals surface area contributed by atoms with Gasteiger partial charge in [-0.1, -0.05) is 18.2 Å². The standard InChI is InChI=1S/C23H23N3O4/c1-14-6-5-7-15(2)21(14)24-22(28)23(3,4)26-20(27)11-9-17(25-26)16-8-10-18-19(12-16)30-13-29-18/h5-12H,13H2,1-4H3,(H,24,28). The fourth-order valence-corrected chi connectivity index (χ4v) is 3.40. The molecule has 1 amide bonds. The Bertz CT molecular complexity index is 1180. The highest BCUT2D eigenvalue weighted by Crippen LogP contribution is 2.35. The van der Waals surface area contributed by atoms with E-state index >= 15 is 0 Å². The fraction of sp³-hybridized carbons (Fsp3) is 0.261. The molecule has 4 rings (SSSR count). The normalized spacial score (nSPS) is 12.7. The Morgan fingerprint density at radius 2 is 1.73 bits per heavy atom. The number of anilines is 1. The van der Waals surface area contributed by atoms with Crippen molar-refractivity contribution >= 4 is 11.6 Å². The fourth-order valence-electron chi connectivity index (χ4n) is 3.40. The molecule has 2 heterocycles. The minimum atomic E-state index is -1.21. The van der Waals surface area contributed by atoms with Crippen molar-refractivity contribution < 1.29 is 14.3 Å². The number of ether oxygens (including phenoxy) is 2. The Kier molecular flexibility index (Phi) is 4.81. The van der Waals surface area contributed by atoms with Gasteiger partial charge < -0.3 is 14.8 Å². The largest absolute Gasteiger partial charge is 0.454 e. The van der Waals surface area contributed by atoms with Crippen LogP contribution in [0, 0.1) is 13.8 Å². The van der Waals surface area contributed by atoms with Crippen molar-refractivity contribution in [3.8, 4) is 22.8 Å². The van der Waals surface area contributed by atoms with Gasteiger partial charge in [-0.25, -0.2) is 4.68 Å². The molecule has 0 bridgehead atoms. The Balaban J connectivity index is 1.69.